The molecule has 0 unspecified atom stereocenters. The molecule has 2 aromatic heterocycles. The summed E-state index contributed by atoms with van der Waals surface area (Å²) in [5.74, 6) is 0.0148. The summed E-state index contributed by atoms with van der Waals surface area (Å²) < 4.78 is 1.99. The van der Waals surface area contributed by atoms with Crippen LogP contribution in [-0.2, 0) is 0 Å². The highest BCUT2D eigenvalue weighted by molar-refractivity contribution is 6.00. The van der Waals surface area contributed by atoms with E-state index in [4.69, 9.17) is 5.73 Å². The standard InChI is InChI=1S/C18H15N5O2/c19-13-8-7-11(24)10-12(13)18(25)22-21-17-16-6-3-9-23(16)15-5-2-1-4-14(15)20-17/h1-10,24H,19H2,(H,20,21)(H,22,25). The summed E-state index contributed by atoms with van der Waals surface area (Å²) in [5.41, 5.74) is 14.2. The molecule has 0 aliphatic carbocycles. The van der Waals surface area contributed by atoms with Gasteiger partial charge in [0.2, 0.25) is 0 Å². The van der Waals surface area contributed by atoms with E-state index in [1.54, 1.807) is 0 Å². The van der Waals surface area contributed by atoms with E-state index < -0.39 is 5.91 Å². The number of carbonyl (C=O) groups excluding carboxylic acids is 1. The fourth-order valence-corrected chi connectivity index (χ4v) is 2.74. The number of carbonyl (C=O) groups is 1. The Bertz CT molecular complexity index is 1100. The maximum atomic E-state index is 12.3. The second-order valence-corrected chi connectivity index (χ2v) is 5.56. The number of aromatic nitrogens is 2. The summed E-state index contributed by atoms with van der Waals surface area (Å²) in [6, 6.07) is 15.7. The van der Waals surface area contributed by atoms with Crippen LogP contribution < -0.4 is 16.6 Å². The number of phenols is 1. The van der Waals surface area contributed by atoms with Crippen molar-refractivity contribution in [3.05, 3.63) is 66.4 Å². The number of nitrogens with one attached hydrogen (secondary N) is 2. The summed E-state index contributed by atoms with van der Waals surface area (Å²) in [7, 11) is 0. The molecular weight excluding hydrogens is 318 g/mol. The molecule has 7 nitrogen and oxygen atoms in total. The first-order valence-corrected chi connectivity index (χ1v) is 7.64. The minimum Gasteiger partial charge on any atom is -0.508 e. The number of hydrazine groups is 1. The van der Waals surface area contributed by atoms with Crippen molar-refractivity contribution in [2.45, 2.75) is 0 Å². The summed E-state index contributed by atoms with van der Waals surface area (Å²) >= 11 is 0. The van der Waals surface area contributed by atoms with Gasteiger partial charge in [-0.05, 0) is 42.5 Å². The van der Waals surface area contributed by atoms with Crippen molar-refractivity contribution in [3.63, 3.8) is 0 Å². The van der Waals surface area contributed by atoms with E-state index in [1.807, 2.05) is 47.0 Å². The van der Waals surface area contributed by atoms with Crippen LogP contribution in [0, 0.1) is 0 Å². The molecule has 0 saturated heterocycles. The Morgan fingerprint density at radius 3 is 2.76 bits per heavy atom. The lowest BCUT2D eigenvalue weighted by Gasteiger charge is -2.12. The van der Waals surface area contributed by atoms with Crippen molar-refractivity contribution in [2.75, 3.05) is 11.2 Å². The van der Waals surface area contributed by atoms with Crippen LogP contribution in [0.2, 0.25) is 0 Å². The largest absolute Gasteiger partial charge is 0.508 e. The molecule has 7 heteroatoms. The molecule has 0 spiro atoms. The maximum Gasteiger partial charge on any atom is 0.271 e. The minimum atomic E-state index is -0.465. The van der Waals surface area contributed by atoms with Crippen molar-refractivity contribution < 1.29 is 9.90 Å². The number of anilines is 2. The van der Waals surface area contributed by atoms with Crippen LogP contribution >= 0.6 is 0 Å². The summed E-state index contributed by atoms with van der Waals surface area (Å²) in [5, 5.41) is 9.53. The molecule has 0 radical (unpaired) electrons. The van der Waals surface area contributed by atoms with Crippen LogP contribution in [0.25, 0.3) is 16.6 Å². The lowest BCUT2D eigenvalue weighted by Crippen LogP contribution is -2.30. The first-order valence-electron chi connectivity index (χ1n) is 7.64. The minimum absolute atomic E-state index is 0.0304. The average molecular weight is 333 g/mol. The zero-order valence-corrected chi connectivity index (χ0v) is 13.1. The lowest BCUT2D eigenvalue weighted by molar-refractivity contribution is 0.0963. The SMILES string of the molecule is Nc1ccc(O)cc1C(=O)NNc1nc2ccccc2n2cccc12. The topological polar surface area (TPSA) is 105 Å². The van der Waals surface area contributed by atoms with Crippen molar-refractivity contribution in [1.82, 2.24) is 14.8 Å². The molecule has 5 N–H and O–H groups in total. The average Bonchev–Trinajstić information content (AvgIpc) is 3.11. The predicted molar refractivity (Wildman–Crippen MR) is 96.3 cm³/mol. The molecule has 0 bridgehead atoms. The van der Waals surface area contributed by atoms with Gasteiger partial charge in [0.1, 0.15) is 5.75 Å². The van der Waals surface area contributed by atoms with Crippen molar-refractivity contribution in [1.29, 1.82) is 0 Å². The lowest BCUT2D eigenvalue weighted by atomic mass is 10.1. The van der Waals surface area contributed by atoms with Gasteiger partial charge in [0.25, 0.3) is 5.91 Å². The van der Waals surface area contributed by atoms with Crippen LogP contribution in [0.5, 0.6) is 5.75 Å². The van der Waals surface area contributed by atoms with Gasteiger partial charge in [-0.25, -0.2) is 4.98 Å². The number of benzene rings is 2. The first-order chi connectivity index (χ1) is 12.1. The van der Waals surface area contributed by atoms with Crippen LogP contribution in [0.4, 0.5) is 11.5 Å². The van der Waals surface area contributed by atoms with E-state index in [2.05, 4.69) is 15.8 Å². The Balaban J connectivity index is 1.67. The summed E-state index contributed by atoms with van der Waals surface area (Å²) in [6.45, 7) is 0. The van der Waals surface area contributed by atoms with Crippen LogP contribution in [-0.4, -0.2) is 20.4 Å². The molecule has 1 amide bonds. The maximum absolute atomic E-state index is 12.3. The number of rotatable bonds is 3. The molecular formula is C18H15N5O2. The van der Waals surface area contributed by atoms with E-state index in [0.29, 0.717) is 5.82 Å². The number of phenolic OH excluding ortho intramolecular Hbond substituents is 1. The van der Waals surface area contributed by atoms with Gasteiger partial charge in [0, 0.05) is 11.9 Å². The Morgan fingerprint density at radius 1 is 1.08 bits per heavy atom. The number of aromatic hydroxyl groups is 1. The Morgan fingerprint density at radius 2 is 1.88 bits per heavy atom. The number of amides is 1. The number of para-hydroxylation sites is 2. The molecule has 2 aromatic carbocycles. The Labute approximate surface area is 142 Å². The normalized spacial score (nSPS) is 10.9. The van der Waals surface area contributed by atoms with Gasteiger partial charge in [-0.2, -0.15) is 0 Å². The number of nitrogen functional groups attached to an aromatic ring is 1. The second-order valence-electron chi connectivity index (χ2n) is 5.56. The van der Waals surface area contributed by atoms with Crippen molar-refractivity contribution in [2.24, 2.45) is 0 Å². The van der Waals surface area contributed by atoms with Gasteiger partial charge in [0.05, 0.1) is 22.1 Å². The van der Waals surface area contributed by atoms with E-state index >= 15 is 0 Å². The highest BCUT2D eigenvalue weighted by Crippen LogP contribution is 2.22. The fourth-order valence-electron chi connectivity index (χ4n) is 2.74. The third-order valence-electron chi connectivity index (χ3n) is 3.94. The Hall–Kier alpha value is -3.74. The van der Waals surface area contributed by atoms with E-state index in [1.165, 1.54) is 18.2 Å². The molecule has 4 aromatic rings. The molecule has 0 aliphatic rings. The highest BCUT2D eigenvalue weighted by Gasteiger charge is 2.12. The van der Waals surface area contributed by atoms with E-state index in [-0.39, 0.29) is 17.0 Å². The first kappa shape index (κ1) is 14.8. The zero-order valence-electron chi connectivity index (χ0n) is 13.1. The van der Waals surface area contributed by atoms with Gasteiger partial charge in [-0.1, -0.05) is 12.1 Å². The van der Waals surface area contributed by atoms with Crippen molar-refractivity contribution in [3.8, 4) is 5.75 Å². The van der Waals surface area contributed by atoms with Gasteiger partial charge in [-0.15, -0.1) is 0 Å². The fraction of sp³-hybridized carbons (Fsp3) is 0. The van der Waals surface area contributed by atoms with Crippen molar-refractivity contribution >= 4 is 34.0 Å². The summed E-state index contributed by atoms with van der Waals surface area (Å²) in [4.78, 5) is 16.9. The van der Waals surface area contributed by atoms with Gasteiger partial charge in [-0.3, -0.25) is 15.6 Å². The van der Waals surface area contributed by atoms with Crippen LogP contribution in [0.3, 0.4) is 0 Å². The molecule has 0 atom stereocenters. The zero-order chi connectivity index (χ0) is 17.4. The molecule has 25 heavy (non-hydrogen) atoms. The van der Waals surface area contributed by atoms with Gasteiger partial charge in [0.15, 0.2) is 5.82 Å². The number of hydrogen-bond donors (Lipinski definition) is 4. The molecule has 2 heterocycles. The third kappa shape index (κ3) is 2.57. The highest BCUT2D eigenvalue weighted by atomic mass is 16.3. The molecule has 0 aliphatic heterocycles. The van der Waals surface area contributed by atoms with Gasteiger partial charge < -0.3 is 15.2 Å². The second kappa shape index (κ2) is 5.72. The molecule has 4 rings (SSSR count). The smallest absolute Gasteiger partial charge is 0.271 e. The number of hydrogen-bond acceptors (Lipinski definition) is 5. The quantitative estimate of drug-likeness (QED) is 0.262. The summed E-state index contributed by atoms with van der Waals surface area (Å²) in [6.07, 6.45) is 1.93. The number of nitrogens with two attached hydrogens (primary N) is 1. The molecule has 0 fully saturated rings. The van der Waals surface area contributed by atoms with Crippen LogP contribution in [0.15, 0.2) is 60.8 Å². The molecule has 0 saturated carbocycles. The monoisotopic (exact) mass is 333 g/mol. The van der Waals surface area contributed by atoms with Crippen LogP contribution in [0.1, 0.15) is 10.4 Å². The number of fused-ring (bicyclic) bond motifs is 3. The third-order valence-corrected chi connectivity index (χ3v) is 3.94. The molecule has 124 valence electrons. The van der Waals surface area contributed by atoms with E-state index in [0.717, 1.165) is 16.6 Å². The Kier molecular flexibility index (Phi) is 3.39. The predicted octanol–water partition coefficient (Wildman–Crippen LogP) is 2.53. The van der Waals surface area contributed by atoms with Gasteiger partial charge >= 0.3 is 0 Å². The number of nitrogens with zero attached hydrogens (tertiary/aromatic N) is 2. The van der Waals surface area contributed by atoms with E-state index in [9.17, 15) is 9.90 Å².